The average molecular weight is 385 g/mol. The SMILES string of the molecule is CCCN1C(=O)C2=NC(c3ccc(OCC(=O)O)cc3)=NC2=[N+](CCC)C1=O. The Labute approximate surface area is 161 Å². The maximum atomic E-state index is 12.7. The van der Waals surface area contributed by atoms with E-state index in [-0.39, 0.29) is 17.6 Å². The molecule has 28 heavy (non-hydrogen) atoms. The van der Waals surface area contributed by atoms with Crippen LogP contribution in [0.5, 0.6) is 5.75 Å². The maximum absolute atomic E-state index is 12.7. The van der Waals surface area contributed by atoms with E-state index < -0.39 is 18.5 Å². The first-order valence-electron chi connectivity index (χ1n) is 9.09. The molecule has 3 amide bonds. The third-order valence-electron chi connectivity index (χ3n) is 4.18. The van der Waals surface area contributed by atoms with Crippen molar-refractivity contribution in [2.24, 2.45) is 9.98 Å². The van der Waals surface area contributed by atoms with Crippen molar-refractivity contribution < 1.29 is 28.8 Å². The number of fused-ring (bicyclic) bond motifs is 1. The van der Waals surface area contributed by atoms with Gasteiger partial charge in [0.05, 0.1) is 13.1 Å². The lowest BCUT2D eigenvalue weighted by molar-refractivity contribution is -0.435. The van der Waals surface area contributed by atoms with Gasteiger partial charge in [-0.05, 0) is 37.1 Å². The molecule has 0 radical (unpaired) electrons. The molecule has 0 bridgehead atoms. The van der Waals surface area contributed by atoms with Gasteiger partial charge < -0.3 is 9.84 Å². The van der Waals surface area contributed by atoms with E-state index in [2.05, 4.69) is 9.98 Å². The van der Waals surface area contributed by atoms with Gasteiger partial charge in [0.1, 0.15) is 5.75 Å². The van der Waals surface area contributed by atoms with Gasteiger partial charge in [0.15, 0.2) is 6.61 Å². The number of carboxylic acid groups (broad SMARTS) is 1. The van der Waals surface area contributed by atoms with E-state index in [1.807, 2.05) is 13.8 Å². The number of nitrogens with zero attached hydrogens (tertiary/aromatic N) is 4. The van der Waals surface area contributed by atoms with Gasteiger partial charge in [0, 0.05) is 5.56 Å². The molecule has 146 valence electrons. The third-order valence-corrected chi connectivity index (χ3v) is 4.18. The molecule has 1 N–H and O–H groups in total. The number of benzene rings is 1. The zero-order valence-electron chi connectivity index (χ0n) is 15.7. The number of amidine groups is 2. The van der Waals surface area contributed by atoms with Crippen molar-refractivity contribution in [3.05, 3.63) is 29.8 Å². The molecular weight excluding hydrogens is 364 g/mol. The molecule has 0 fully saturated rings. The van der Waals surface area contributed by atoms with Crippen molar-refractivity contribution in [3.63, 3.8) is 0 Å². The average Bonchev–Trinajstić information content (AvgIpc) is 3.13. The predicted molar refractivity (Wildman–Crippen MR) is 101 cm³/mol. The summed E-state index contributed by atoms with van der Waals surface area (Å²) < 4.78 is 6.60. The normalized spacial score (nSPS) is 16.1. The number of amides is 3. The summed E-state index contributed by atoms with van der Waals surface area (Å²) in [5.41, 5.74) is 0.804. The molecular formula is C19H21N4O5+. The first kappa shape index (κ1) is 19.4. The molecule has 0 aromatic heterocycles. The quantitative estimate of drug-likeness (QED) is 0.683. The van der Waals surface area contributed by atoms with Gasteiger partial charge in [-0.3, -0.25) is 0 Å². The highest BCUT2D eigenvalue weighted by molar-refractivity contribution is 6.70. The number of hydrogen-bond acceptors (Lipinski definition) is 6. The minimum Gasteiger partial charge on any atom is -0.482 e. The molecule has 0 aliphatic carbocycles. The van der Waals surface area contributed by atoms with Crippen LogP contribution in [-0.4, -0.2) is 69.6 Å². The number of imide groups is 1. The highest BCUT2D eigenvalue weighted by Gasteiger charge is 2.47. The van der Waals surface area contributed by atoms with E-state index in [1.165, 1.54) is 9.48 Å². The number of ether oxygens (including phenoxy) is 1. The highest BCUT2D eigenvalue weighted by Crippen LogP contribution is 2.19. The van der Waals surface area contributed by atoms with Crippen molar-refractivity contribution in [1.82, 2.24) is 4.90 Å². The van der Waals surface area contributed by atoms with Crippen LogP contribution in [0.3, 0.4) is 0 Å². The van der Waals surface area contributed by atoms with Crippen LogP contribution in [0.25, 0.3) is 0 Å². The molecule has 0 saturated carbocycles. The fourth-order valence-electron chi connectivity index (χ4n) is 2.94. The molecule has 2 aliphatic heterocycles. The standard InChI is InChI=1S/C19H20N4O5/c1-3-9-22-17-15(18(26)23(10-4-2)19(22)27)20-16(21-17)12-5-7-13(8-6-12)28-11-14(24)25/h5-8H,3-4,9-11H2,1-2H3/p+1. The summed E-state index contributed by atoms with van der Waals surface area (Å²) >= 11 is 0. The van der Waals surface area contributed by atoms with Gasteiger partial charge in [-0.2, -0.15) is 14.5 Å². The van der Waals surface area contributed by atoms with E-state index in [0.717, 1.165) is 6.42 Å². The number of hydrogen-bond donors (Lipinski definition) is 1. The molecule has 2 heterocycles. The van der Waals surface area contributed by atoms with Gasteiger partial charge in [0.25, 0.3) is 0 Å². The number of aliphatic carboxylic acids is 1. The van der Waals surface area contributed by atoms with Crippen LogP contribution in [0, 0.1) is 0 Å². The first-order chi connectivity index (χ1) is 13.5. The van der Waals surface area contributed by atoms with Crippen molar-refractivity contribution >= 4 is 35.3 Å². The Kier molecular flexibility index (Phi) is 5.62. The highest BCUT2D eigenvalue weighted by atomic mass is 16.5. The molecule has 0 unspecified atom stereocenters. The Bertz CT molecular complexity index is 915. The summed E-state index contributed by atoms with van der Waals surface area (Å²) in [4.78, 5) is 46.0. The van der Waals surface area contributed by atoms with Crippen LogP contribution < -0.4 is 4.74 Å². The van der Waals surface area contributed by atoms with Crippen molar-refractivity contribution in [2.45, 2.75) is 26.7 Å². The molecule has 0 atom stereocenters. The Balaban J connectivity index is 1.93. The zero-order chi connectivity index (χ0) is 20.3. The Hall–Kier alpha value is -3.36. The number of rotatable bonds is 8. The van der Waals surface area contributed by atoms with Gasteiger partial charge in [-0.1, -0.05) is 18.8 Å². The van der Waals surface area contributed by atoms with Gasteiger partial charge in [-0.15, -0.1) is 0 Å². The molecule has 1 aromatic carbocycles. The van der Waals surface area contributed by atoms with E-state index in [9.17, 15) is 14.4 Å². The summed E-state index contributed by atoms with van der Waals surface area (Å²) in [6.07, 6.45) is 1.38. The number of carbonyl (C=O) groups is 3. The Morgan fingerprint density at radius 2 is 1.86 bits per heavy atom. The van der Waals surface area contributed by atoms with Crippen LogP contribution in [0.1, 0.15) is 32.3 Å². The third kappa shape index (κ3) is 3.68. The topological polar surface area (TPSA) is 112 Å². The van der Waals surface area contributed by atoms with E-state index in [1.54, 1.807) is 24.3 Å². The number of aliphatic imine (C=N–C) groups is 2. The molecule has 2 aliphatic rings. The van der Waals surface area contributed by atoms with Crippen LogP contribution in [0.4, 0.5) is 4.79 Å². The minimum atomic E-state index is -1.06. The molecule has 1 aromatic rings. The van der Waals surface area contributed by atoms with Gasteiger partial charge >= 0.3 is 23.7 Å². The molecule has 3 rings (SSSR count). The minimum absolute atomic E-state index is 0.169. The smallest absolute Gasteiger partial charge is 0.446 e. The van der Waals surface area contributed by atoms with Crippen molar-refractivity contribution in [3.8, 4) is 5.75 Å². The van der Waals surface area contributed by atoms with E-state index in [0.29, 0.717) is 36.7 Å². The van der Waals surface area contributed by atoms with E-state index in [4.69, 9.17) is 9.84 Å². The second-order valence-electron chi connectivity index (χ2n) is 6.32. The van der Waals surface area contributed by atoms with Crippen LogP contribution in [0.15, 0.2) is 34.3 Å². The number of carbonyl (C=O) groups excluding carboxylic acids is 2. The predicted octanol–water partition coefficient (Wildman–Crippen LogP) is 1.54. The molecule has 9 nitrogen and oxygen atoms in total. The van der Waals surface area contributed by atoms with Crippen LogP contribution >= 0.6 is 0 Å². The van der Waals surface area contributed by atoms with Crippen LogP contribution in [-0.2, 0) is 9.59 Å². The Morgan fingerprint density at radius 3 is 2.46 bits per heavy atom. The van der Waals surface area contributed by atoms with Crippen LogP contribution in [0.2, 0.25) is 0 Å². The molecule has 9 heteroatoms. The summed E-state index contributed by atoms with van der Waals surface area (Å²) in [7, 11) is 0. The monoisotopic (exact) mass is 385 g/mol. The van der Waals surface area contributed by atoms with E-state index >= 15 is 0 Å². The fraction of sp³-hybridized carbons (Fsp3) is 0.368. The summed E-state index contributed by atoms with van der Waals surface area (Å²) in [6.45, 7) is 4.18. The lowest BCUT2D eigenvalue weighted by Crippen LogP contribution is -2.54. The second-order valence-corrected chi connectivity index (χ2v) is 6.32. The van der Waals surface area contributed by atoms with Gasteiger partial charge in [-0.25, -0.2) is 14.4 Å². The summed E-state index contributed by atoms with van der Waals surface area (Å²) in [5.74, 6) is -0.488. The molecule has 0 saturated heterocycles. The Morgan fingerprint density at radius 1 is 1.14 bits per heavy atom. The second kappa shape index (κ2) is 8.12. The molecule has 0 spiro atoms. The largest absolute Gasteiger partial charge is 0.482 e. The lowest BCUT2D eigenvalue weighted by Gasteiger charge is -2.21. The zero-order valence-corrected chi connectivity index (χ0v) is 15.7. The number of urea groups is 1. The summed E-state index contributed by atoms with van der Waals surface area (Å²) in [5, 5.41) is 8.66. The maximum Gasteiger partial charge on any atom is 0.446 e. The van der Waals surface area contributed by atoms with Crippen molar-refractivity contribution in [1.29, 1.82) is 0 Å². The van der Waals surface area contributed by atoms with Crippen molar-refractivity contribution in [2.75, 3.05) is 19.7 Å². The lowest BCUT2D eigenvalue weighted by atomic mass is 10.2. The first-order valence-corrected chi connectivity index (χ1v) is 9.09. The fourth-order valence-corrected chi connectivity index (χ4v) is 2.94. The summed E-state index contributed by atoms with van der Waals surface area (Å²) in [6, 6.07) is 6.20. The number of carboxylic acids is 1. The van der Waals surface area contributed by atoms with Gasteiger partial charge in [0.2, 0.25) is 11.5 Å².